The van der Waals surface area contributed by atoms with Crippen LogP contribution in [0.1, 0.15) is 38.4 Å². The minimum absolute atomic E-state index is 0.0240. The van der Waals surface area contributed by atoms with Crippen molar-refractivity contribution < 1.29 is 5.11 Å². The molecule has 1 aliphatic heterocycles. The van der Waals surface area contributed by atoms with E-state index in [1.807, 2.05) is 10.9 Å². The first-order valence-corrected chi connectivity index (χ1v) is 6.43. The lowest BCUT2D eigenvalue weighted by molar-refractivity contribution is 0.276. The molecule has 1 atom stereocenters. The Bertz CT molecular complexity index is 350. The normalized spacial score (nSPS) is 21.5. The summed E-state index contributed by atoms with van der Waals surface area (Å²) in [6, 6.07) is 0.426. The van der Waals surface area contributed by atoms with Crippen molar-refractivity contribution in [1.29, 1.82) is 0 Å². The minimum atomic E-state index is -0.0240. The second-order valence-corrected chi connectivity index (χ2v) is 5.27. The average molecular weight is 238 g/mol. The zero-order valence-electron chi connectivity index (χ0n) is 10.7. The van der Waals surface area contributed by atoms with Crippen molar-refractivity contribution in [3.63, 3.8) is 0 Å². The Labute approximate surface area is 102 Å². The van der Waals surface area contributed by atoms with Crippen molar-refractivity contribution in [2.45, 2.75) is 39.3 Å². The number of nitrogens with zero attached hydrogens (tertiary/aromatic N) is 4. The standard InChI is InChI=1S/C12H22N4O/c1-10(2)3-5-15-6-4-12(8-15)16-7-11(9-17)13-14-16/h7,10,12,17H,3-6,8-9H2,1-2H3. The molecule has 1 N–H and O–H groups in total. The first-order valence-electron chi connectivity index (χ1n) is 6.43. The number of likely N-dealkylation sites (tertiary alicyclic amines) is 1. The highest BCUT2D eigenvalue weighted by atomic mass is 16.3. The van der Waals surface area contributed by atoms with Gasteiger partial charge in [0, 0.05) is 13.1 Å². The van der Waals surface area contributed by atoms with Crippen LogP contribution in [0.25, 0.3) is 0 Å². The predicted molar refractivity (Wildman–Crippen MR) is 65.5 cm³/mol. The Morgan fingerprint density at radius 2 is 2.35 bits per heavy atom. The first-order chi connectivity index (χ1) is 8.19. The van der Waals surface area contributed by atoms with E-state index in [2.05, 4.69) is 29.1 Å². The van der Waals surface area contributed by atoms with Crippen molar-refractivity contribution in [1.82, 2.24) is 19.9 Å². The monoisotopic (exact) mass is 238 g/mol. The second kappa shape index (κ2) is 5.60. The molecule has 1 fully saturated rings. The van der Waals surface area contributed by atoms with Crippen LogP contribution in [0.15, 0.2) is 6.20 Å². The maximum Gasteiger partial charge on any atom is 0.108 e. The van der Waals surface area contributed by atoms with Gasteiger partial charge in [-0.1, -0.05) is 19.1 Å². The molecule has 17 heavy (non-hydrogen) atoms. The molecule has 0 aliphatic carbocycles. The van der Waals surface area contributed by atoms with Crippen LogP contribution in [0, 0.1) is 5.92 Å². The molecule has 1 aromatic rings. The van der Waals surface area contributed by atoms with Gasteiger partial charge in [0.05, 0.1) is 18.8 Å². The topological polar surface area (TPSA) is 54.2 Å². The van der Waals surface area contributed by atoms with Crippen LogP contribution in [0.4, 0.5) is 0 Å². The van der Waals surface area contributed by atoms with Gasteiger partial charge in [-0.3, -0.25) is 0 Å². The summed E-state index contributed by atoms with van der Waals surface area (Å²) in [5, 5.41) is 17.0. The van der Waals surface area contributed by atoms with Gasteiger partial charge in [0.1, 0.15) is 5.69 Å². The Balaban J connectivity index is 1.84. The molecule has 0 radical (unpaired) electrons. The summed E-state index contributed by atoms with van der Waals surface area (Å²) in [7, 11) is 0. The van der Waals surface area contributed by atoms with Gasteiger partial charge >= 0.3 is 0 Å². The number of hydrogen-bond acceptors (Lipinski definition) is 4. The number of aromatic nitrogens is 3. The molecule has 1 saturated heterocycles. The molecule has 2 heterocycles. The van der Waals surface area contributed by atoms with E-state index in [4.69, 9.17) is 5.11 Å². The van der Waals surface area contributed by atoms with Crippen molar-refractivity contribution in [3.05, 3.63) is 11.9 Å². The van der Waals surface area contributed by atoms with E-state index in [0.717, 1.165) is 25.4 Å². The van der Waals surface area contributed by atoms with E-state index in [9.17, 15) is 0 Å². The third-order valence-corrected chi connectivity index (χ3v) is 3.36. The molecule has 2 rings (SSSR count). The molecule has 5 nitrogen and oxygen atoms in total. The van der Waals surface area contributed by atoms with Crippen LogP contribution in [-0.4, -0.2) is 44.6 Å². The lowest BCUT2D eigenvalue weighted by atomic mass is 10.1. The van der Waals surface area contributed by atoms with Crippen LogP contribution in [0.2, 0.25) is 0 Å². The van der Waals surface area contributed by atoms with Gasteiger partial charge in [-0.2, -0.15) is 0 Å². The summed E-state index contributed by atoms with van der Waals surface area (Å²) in [5.74, 6) is 0.765. The SMILES string of the molecule is CC(C)CCN1CCC(n2cc(CO)nn2)C1. The third kappa shape index (κ3) is 3.26. The van der Waals surface area contributed by atoms with Crippen LogP contribution in [0.3, 0.4) is 0 Å². The van der Waals surface area contributed by atoms with Gasteiger partial charge in [0.25, 0.3) is 0 Å². The molecule has 96 valence electrons. The third-order valence-electron chi connectivity index (χ3n) is 3.36. The number of rotatable bonds is 5. The summed E-state index contributed by atoms with van der Waals surface area (Å²) in [6.45, 7) is 7.88. The summed E-state index contributed by atoms with van der Waals surface area (Å²) >= 11 is 0. The molecule has 0 aromatic carbocycles. The zero-order valence-corrected chi connectivity index (χ0v) is 10.7. The highest BCUT2D eigenvalue weighted by Crippen LogP contribution is 2.21. The van der Waals surface area contributed by atoms with Crippen molar-refractivity contribution in [2.75, 3.05) is 19.6 Å². The number of aliphatic hydroxyl groups is 1. The van der Waals surface area contributed by atoms with Crippen molar-refractivity contribution in [3.8, 4) is 0 Å². The van der Waals surface area contributed by atoms with E-state index in [1.165, 1.54) is 13.0 Å². The molecule has 1 unspecified atom stereocenters. The van der Waals surface area contributed by atoms with E-state index >= 15 is 0 Å². The van der Waals surface area contributed by atoms with E-state index < -0.39 is 0 Å². The molecule has 1 aromatic heterocycles. The van der Waals surface area contributed by atoms with Gasteiger partial charge in [-0.05, 0) is 25.3 Å². The van der Waals surface area contributed by atoms with Crippen LogP contribution in [0.5, 0.6) is 0 Å². The largest absolute Gasteiger partial charge is 0.390 e. The van der Waals surface area contributed by atoms with Crippen LogP contribution >= 0.6 is 0 Å². The van der Waals surface area contributed by atoms with Gasteiger partial charge < -0.3 is 10.0 Å². The number of aliphatic hydroxyl groups excluding tert-OH is 1. The number of hydrogen-bond donors (Lipinski definition) is 1. The first kappa shape index (κ1) is 12.5. The Morgan fingerprint density at radius 1 is 1.53 bits per heavy atom. The Kier molecular flexibility index (Phi) is 4.12. The van der Waals surface area contributed by atoms with Crippen molar-refractivity contribution >= 4 is 0 Å². The van der Waals surface area contributed by atoms with Crippen LogP contribution < -0.4 is 0 Å². The van der Waals surface area contributed by atoms with E-state index in [-0.39, 0.29) is 6.61 Å². The molecule has 0 bridgehead atoms. The smallest absolute Gasteiger partial charge is 0.108 e. The predicted octanol–water partition coefficient (Wildman–Crippen LogP) is 1.06. The molecule has 0 saturated carbocycles. The fourth-order valence-electron chi connectivity index (χ4n) is 2.24. The lowest BCUT2D eigenvalue weighted by Crippen LogP contribution is -2.24. The summed E-state index contributed by atoms with van der Waals surface area (Å²) < 4.78 is 1.90. The fraction of sp³-hybridized carbons (Fsp3) is 0.833. The Morgan fingerprint density at radius 3 is 3.00 bits per heavy atom. The molecule has 1 aliphatic rings. The van der Waals surface area contributed by atoms with Gasteiger partial charge in [-0.15, -0.1) is 5.10 Å². The zero-order chi connectivity index (χ0) is 12.3. The van der Waals surface area contributed by atoms with Gasteiger partial charge in [0.2, 0.25) is 0 Å². The lowest BCUT2D eigenvalue weighted by Gasteiger charge is -2.16. The molecule has 0 spiro atoms. The summed E-state index contributed by atoms with van der Waals surface area (Å²) in [4.78, 5) is 2.49. The maximum absolute atomic E-state index is 8.96. The summed E-state index contributed by atoms with van der Waals surface area (Å²) in [6.07, 6.45) is 4.24. The van der Waals surface area contributed by atoms with Crippen LogP contribution in [-0.2, 0) is 6.61 Å². The highest BCUT2D eigenvalue weighted by Gasteiger charge is 2.24. The average Bonchev–Trinajstić information content (AvgIpc) is 2.94. The Hall–Kier alpha value is -0.940. The summed E-state index contributed by atoms with van der Waals surface area (Å²) in [5.41, 5.74) is 0.658. The molecule has 0 amide bonds. The molecular weight excluding hydrogens is 216 g/mol. The second-order valence-electron chi connectivity index (χ2n) is 5.27. The molecular formula is C12H22N4O. The van der Waals surface area contributed by atoms with E-state index in [0.29, 0.717) is 11.7 Å². The molecule has 5 heteroatoms. The maximum atomic E-state index is 8.96. The quantitative estimate of drug-likeness (QED) is 0.833. The van der Waals surface area contributed by atoms with Gasteiger partial charge in [-0.25, -0.2) is 4.68 Å². The van der Waals surface area contributed by atoms with Gasteiger partial charge in [0.15, 0.2) is 0 Å². The highest BCUT2D eigenvalue weighted by molar-refractivity contribution is 4.92. The fourth-order valence-corrected chi connectivity index (χ4v) is 2.24. The minimum Gasteiger partial charge on any atom is -0.390 e. The van der Waals surface area contributed by atoms with E-state index in [1.54, 1.807) is 0 Å². The van der Waals surface area contributed by atoms with Crippen molar-refractivity contribution in [2.24, 2.45) is 5.92 Å².